The molecule has 2 aromatic rings. The number of carbonyl (C=O) groups is 2. The van der Waals surface area contributed by atoms with Crippen LogP contribution in [0.1, 0.15) is 17.5 Å². The average Bonchev–Trinajstić information content (AvgIpc) is 2.76. The van der Waals surface area contributed by atoms with Crippen molar-refractivity contribution in [3.05, 3.63) is 41.5 Å². The highest BCUT2D eigenvalue weighted by Crippen LogP contribution is 2.38. The molecule has 0 radical (unpaired) electrons. The van der Waals surface area contributed by atoms with Crippen LogP contribution in [-0.4, -0.2) is 51.5 Å². The first-order valence-corrected chi connectivity index (χ1v) is 9.18. The Morgan fingerprint density at radius 3 is 1.91 bits per heavy atom. The quantitative estimate of drug-likeness (QED) is 0.308. The normalized spacial score (nSPS) is 11.3. The van der Waals surface area contributed by atoms with E-state index in [-0.39, 0.29) is 18.2 Å². The minimum absolute atomic E-state index is 0. The first-order chi connectivity index (χ1) is 14.8. The first kappa shape index (κ1) is 26.6. The van der Waals surface area contributed by atoms with Gasteiger partial charge in [-0.2, -0.15) is 0 Å². The molecule has 2 rings (SSSR count). The third kappa shape index (κ3) is 6.79. The lowest BCUT2D eigenvalue weighted by Gasteiger charge is -2.13. The molecule has 0 aliphatic carbocycles. The number of hydrogen-bond acceptors (Lipinski definition) is 8. The molecule has 2 aromatic carbocycles. The molecule has 0 saturated carbocycles. The van der Waals surface area contributed by atoms with Crippen LogP contribution in [-0.2, 0) is 9.59 Å². The number of nitrogens with two attached hydrogens (primary N) is 1. The Hall–Kier alpha value is -3.43. The van der Waals surface area contributed by atoms with E-state index < -0.39 is 24.4 Å². The van der Waals surface area contributed by atoms with Gasteiger partial charge in [0.1, 0.15) is 6.04 Å². The molecule has 0 fully saturated rings. The zero-order valence-corrected chi connectivity index (χ0v) is 18.9. The van der Waals surface area contributed by atoms with Gasteiger partial charge in [0.05, 0.1) is 34.9 Å². The van der Waals surface area contributed by atoms with Crippen molar-refractivity contribution in [3.8, 4) is 28.7 Å². The molecule has 32 heavy (non-hydrogen) atoms. The second kappa shape index (κ2) is 12.4. The van der Waals surface area contributed by atoms with Gasteiger partial charge in [0.2, 0.25) is 5.75 Å². The van der Waals surface area contributed by atoms with Crippen LogP contribution in [0.25, 0.3) is 12.2 Å². The van der Waals surface area contributed by atoms with Crippen molar-refractivity contribution in [2.24, 2.45) is 5.73 Å². The van der Waals surface area contributed by atoms with Crippen LogP contribution >= 0.6 is 12.4 Å². The van der Waals surface area contributed by atoms with Gasteiger partial charge in [-0.15, -0.1) is 12.4 Å². The summed E-state index contributed by atoms with van der Waals surface area (Å²) in [7, 11) is 6.02. The summed E-state index contributed by atoms with van der Waals surface area (Å²) in [5.74, 6) is -0.0779. The fourth-order valence-corrected chi connectivity index (χ4v) is 2.70. The summed E-state index contributed by atoms with van der Waals surface area (Å²) >= 11 is 0. The van der Waals surface area contributed by atoms with Crippen molar-refractivity contribution >= 4 is 36.5 Å². The average molecular weight is 468 g/mol. The fourth-order valence-electron chi connectivity index (χ4n) is 2.70. The molecule has 0 aliphatic rings. The largest absolute Gasteiger partial charge is 0.493 e. The van der Waals surface area contributed by atoms with Gasteiger partial charge >= 0.3 is 11.9 Å². The summed E-state index contributed by atoms with van der Waals surface area (Å²) in [5, 5.41) is 8.84. The zero-order valence-electron chi connectivity index (χ0n) is 18.1. The molecule has 0 heterocycles. The van der Waals surface area contributed by atoms with Gasteiger partial charge in [-0.3, -0.25) is 9.59 Å². The molecular weight excluding hydrogens is 442 g/mol. The number of carbonyl (C=O) groups excluding carboxylic acids is 1. The third-order valence-electron chi connectivity index (χ3n) is 4.27. The summed E-state index contributed by atoms with van der Waals surface area (Å²) in [6.07, 6.45) is 3.14. The molecule has 1 atom stereocenters. The van der Waals surface area contributed by atoms with Crippen molar-refractivity contribution in [3.63, 3.8) is 0 Å². The Kier molecular flexibility index (Phi) is 10.3. The van der Waals surface area contributed by atoms with Crippen LogP contribution in [0.5, 0.6) is 28.7 Å². The van der Waals surface area contributed by atoms with Crippen molar-refractivity contribution in [1.82, 2.24) is 0 Å². The highest BCUT2D eigenvalue weighted by molar-refractivity contribution is 5.85. The van der Waals surface area contributed by atoms with E-state index in [9.17, 15) is 9.59 Å². The van der Waals surface area contributed by atoms with Gasteiger partial charge in [0.15, 0.2) is 23.0 Å². The highest BCUT2D eigenvalue weighted by atomic mass is 35.5. The summed E-state index contributed by atoms with van der Waals surface area (Å²) in [5.41, 5.74) is 6.88. The number of ether oxygens (including phenoxy) is 5. The maximum Gasteiger partial charge on any atom is 0.321 e. The maximum atomic E-state index is 12.0. The molecule has 0 bridgehead atoms. The lowest BCUT2D eigenvalue weighted by atomic mass is 10.1. The third-order valence-corrected chi connectivity index (χ3v) is 4.27. The van der Waals surface area contributed by atoms with E-state index in [0.29, 0.717) is 28.6 Å². The molecule has 0 saturated heterocycles. The monoisotopic (exact) mass is 467 g/mol. The minimum Gasteiger partial charge on any atom is -0.493 e. The van der Waals surface area contributed by atoms with Gasteiger partial charge in [0, 0.05) is 0 Å². The van der Waals surface area contributed by atoms with Crippen LogP contribution < -0.4 is 29.4 Å². The van der Waals surface area contributed by atoms with Gasteiger partial charge in [0.25, 0.3) is 0 Å². The van der Waals surface area contributed by atoms with Crippen LogP contribution in [0.4, 0.5) is 0 Å². The number of carboxylic acids is 1. The summed E-state index contributed by atoms with van der Waals surface area (Å²) in [6.45, 7) is 0. The van der Waals surface area contributed by atoms with Crippen molar-refractivity contribution in [2.75, 3.05) is 28.4 Å². The number of rotatable bonds is 10. The lowest BCUT2D eigenvalue weighted by molar-refractivity contribution is -0.143. The number of carboxylic acid groups (broad SMARTS) is 1. The standard InChI is InChI=1S/C22H25NO8.ClH/c1-27-16-8-7-13(9-17(16)31-20(24)12-15(23)22(25)26)5-6-14-10-18(28-2)21(30-4)19(11-14)29-3;/h5-11,15H,12,23H2,1-4H3,(H,25,26);1H/b6-5+;. The van der Waals surface area contributed by atoms with Crippen LogP contribution in [0.2, 0.25) is 0 Å². The van der Waals surface area contributed by atoms with E-state index >= 15 is 0 Å². The Morgan fingerprint density at radius 2 is 1.41 bits per heavy atom. The lowest BCUT2D eigenvalue weighted by Crippen LogP contribution is -2.33. The molecule has 1 unspecified atom stereocenters. The number of methoxy groups -OCH3 is 4. The topological polar surface area (TPSA) is 127 Å². The predicted octanol–water partition coefficient (Wildman–Crippen LogP) is 3.02. The molecule has 10 heteroatoms. The summed E-state index contributed by atoms with van der Waals surface area (Å²) in [4.78, 5) is 22.8. The van der Waals surface area contributed by atoms with Gasteiger partial charge in [-0.1, -0.05) is 18.2 Å². The smallest absolute Gasteiger partial charge is 0.321 e. The predicted molar refractivity (Wildman–Crippen MR) is 121 cm³/mol. The summed E-state index contributed by atoms with van der Waals surface area (Å²) < 4.78 is 26.5. The van der Waals surface area contributed by atoms with Crippen LogP contribution in [0.15, 0.2) is 30.3 Å². The van der Waals surface area contributed by atoms with E-state index in [2.05, 4.69) is 0 Å². The molecule has 3 N–H and O–H groups in total. The van der Waals surface area contributed by atoms with Crippen LogP contribution in [0, 0.1) is 0 Å². The Labute approximate surface area is 192 Å². The maximum absolute atomic E-state index is 12.0. The number of halogens is 1. The molecule has 0 amide bonds. The Balaban J connectivity index is 0.00000512. The second-order valence-corrected chi connectivity index (χ2v) is 6.33. The van der Waals surface area contributed by atoms with Gasteiger partial charge < -0.3 is 34.5 Å². The Morgan fingerprint density at radius 1 is 0.875 bits per heavy atom. The van der Waals surface area contributed by atoms with Crippen molar-refractivity contribution < 1.29 is 38.4 Å². The fraction of sp³-hybridized carbons (Fsp3) is 0.273. The van der Waals surface area contributed by atoms with E-state index in [4.69, 9.17) is 34.5 Å². The van der Waals surface area contributed by atoms with E-state index in [1.165, 1.54) is 28.4 Å². The molecular formula is C22H26ClNO8. The number of hydrogen-bond donors (Lipinski definition) is 2. The summed E-state index contributed by atoms with van der Waals surface area (Å²) in [6, 6.07) is 7.23. The van der Waals surface area contributed by atoms with E-state index in [1.54, 1.807) is 36.4 Å². The minimum atomic E-state index is -1.35. The number of aliphatic carboxylic acids is 1. The van der Waals surface area contributed by atoms with Crippen molar-refractivity contribution in [1.29, 1.82) is 0 Å². The first-order valence-electron chi connectivity index (χ1n) is 9.18. The van der Waals surface area contributed by atoms with Crippen molar-refractivity contribution in [2.45, 2.75) is 12.5 Å². The van der Waals surface area contributed by atoms with E-state index in [1.807, 2.05) is 6.08 Å². The second-order valence-electron chi connectivity index (χ2n) is 6.33. The SMILES string of the molecule is COc1ccc(/C=C/c2cc(OC)c(OC)c(OC)c2)cc1OC(=O)CC(N)C(=O)O.Cl. The van der Waals surface area contributed by atoms with E-state index in [0.717, 1.165) is 5.56 Å². The molecule has 0 aliphatic heterocycles. The zero-order chi connectivity index (χ0) is 23.0. The van der Waals surface area contributed by atoms with Gasteiger partial charge in [-0.25, -0.2) is 0 Å². The Bertz CT molecular complexity index is 951. The molecule has 0 spiro atoms. The van der Waals surface area contributed by atoms with Gasteiger partial charge in [-0.05, 0) is 35.4 Å². The molecule has 9 nitrogen and oxygen atoms in total. The number of esters is 1. The highest BCUT2D eigenvalue weighted by Gasteiger charge is 2.19. The molecule has 0 aromatic heterocycles. The molecule has 174 valence electrons. The van der Waals surface area contributed by atoms with Crippen LogP contribution in [0.3, 0.4) is 0 Å². The number of benzene rings is 2.